The third kappa shape index (κ3) is 4.42. The first-order valence-corrected chi connectivity index (χ1v) is 6.21. The van der Waals surface area contributed by atoms with Crippen molar-refractivity contribution in [1.82, 2.24) is 4.90 Å². The van der Waals surface area contributed by atoms with Crippen molar-refractivity contribution in [2.75, 3.05) is 25.5 Å². The molecule has 0 saturated heterocycles. The van der Waals surface area contributed by atoms with E-state index in [-0.39, 0.29) is 0 Å². The Kier molecular flexibility index (Phi) is 5.64. The SMILES string of the molecule is CCC(C)N(C)CCNc1cccc(Cl)c1. The normalized spacial score (nSPS) is 12.8. The Hall–Kier alpha value is -0.730. The van der Waals surface area contributed by atoms with Gasteiger partial charge in [0.15, 0.2) is 0 Å². The monoisotopic (exact) mass is 240 g/mol. The van der Waals surface area contributed by atoms with E-state index in [4.69, 9.17) is 11.6 Å². The molecule has 16 heavy (non-hydrogen) atoms. The van der Waals surface area contributed by atoms with Gasteiger partial charge in [0.1, 0.15) is 0 Å². The molecule has 0 aromatic heterocycles. The maximum absolute atomic E-state index is 5.91. The van der Waals surface area contributed by atoms with Crippen molar-refractivity contribution < 1.29 is 0 Å². The van der Waals surface area contributed by atoms with Crippen LogP contribution in [0.25, 0.3) is 0 Å². The van der Waals surface area contributed by atoms with Crippen LogP contribution >= 0.6 is 11.6 Å². The summed E-state index contributed by atoms with van der Waals surface area (Å²) in [6.45, 7) is 6.45. The number of nitrogens with one attached hydrogen (secondary N) is 1. The van der Waals surface area contributed by atoms with Crippen LogP contribution in [-0.2, 0) is 0 Å². The van der Waals surface area contributed by atoms with E-state index in [0.29, 0.717) is 6.04 Å². The molecule has 1 atom stereocenters. The Morgan fingerprint density at radius 3 is 2.81 bits per heavy atom. The summed E-state index contributed by atoms with van der Waals surface area (Å²) in [6, 6.07) is 8.47. The number of likely N-dealkylation sites (N-methyl/N-ethyl adjacent to an activating group) is 1. The van der Waals surface area contributed by atoms with Gasteiger partial charge in [0.05, 0.1) is 0 Å². The lowest BCUT2D eigenvalue weighted by Gasteiger charge is -2.23. The molecule has 0 amide bonds. The van der Waals surface area contributed by atoms with Gasteiger partial charge in [-0.3, -0.25) is 0 Å². The molecular formula is C13H21ClN2. The second-order valence-electron chi connectivity index (χ2n) is 4.18. The number of hydrogen-bond acceptors (Lipinski definition) is 2. The van der Waals surface area contributed by atoms with Crippen molar-refractivity contribution in [2.45, 2.75) is 26.3 Å². The molecule has 1 rings (SSSR count). The second kappa shape index (κ2) is 6.77. The fourth-order valence-corrected chi connectivity index (χ4v) is 1.70. The van der Waals surface area contributed by atoms with Crippen molar-refractivity contribution in [3.05, 3.63) is 29.3 Å². The van der Waals surface area contributed by atoms with Gasteiger partial charge < -0.3 is 10.2 Å². The van der Waals surface area contributed by atoms with E-state index in [1.807, 2.05) is 24.3 Å². The van der Waals surface area contributed by atoms with E-state index in [0.717, 1.165) is 23.8 Å². The molecule has 0 aliphatic heterocycles. The van der Waals surface area contributed by atoms with Crippen molar-refractivity contribution >= 4 is 17.3 Å². The number of benzene rings is 1. The van der Waals surface area contributed by atoms with Crippen LogP contribution in [0.1, 0.15) is 20.3 Å². The smallest absolute Gasteiger partial charge is 0.0426 e. The molecule has 90 valence electrons. The van der Waals surface area contributed by atoms with Crippen LogP contribution in [0.3, 0.4) is 0 Å². The average Bonchev–Trinajstić information content (AvgIpc) is 2.28. The molecule has 1 aromatic rings. The predicted octanol–water partition coefficient (Wildman–Crippen LogP) is 3.48. The van der Waals surface area contributed by atoms with Crippen molar-refractivity contribution in [3.8, 4) is 0 Å². The van der Waals surface area contributed by atoms with Crippen LogP contribution in [0.2, 0.25) is 5.02 Å². The lowest BCUT2D eigenvalue weighted by Crippen LogP contribution is -2.32. The van der Waals surface area contributed by atoms with Gasteiger partial charge in [-0.05, 0) is 38.6 Å². The summed E-state index contributed by atoms with van der Waals surface area (Å²) in [7, 11) is 2.16. The standard InChI is InChI=1S/C13H21ClN2/c1-4-11(2)16(3)9-8-15-13-7-5-6-12(14)10-13/h5-7,10-11,15H,4,8-9H2,1-3H3. The van der Waals surface area contributed by atoms with Crippen LogP contribution in [0.5, 0.6) is 0 Å². The first-order valence-electron chi connectivity index (χ1n) is 5.83. The molecule has 0 heterocycles. The highest BCUT2D eigenvalue weighted by atomic mass is 35.5. The van der Waals surface area contributed by atoms with Gasteiger partial charge in [-0.15, -0.1) is 0 Å². The maximum Gasteiger partial charge on any atom is 0.0426 e. The highest BCUT2D eigenvalue weighted by Gasteiger charge is 2.05. The highest BCUT2D eigenvalue weighted by molar-refractivity contribution is 6.30. The zero-order chi connectivity index (χ0) is 12.0. The summed E-state index contributed by atoms with van der Waals surface area (Å²) in [5, 5.41) is 4.15. The first-order chi connectivity index (χ1) is 7.63. The maximum atomic E-state index is 5.91. The zero-order valence-electron chi connectivity index (χ0n) is 10.3. The molecule has 2 nitrogen and oxygen atoms in total. The molecule has 0 aliphatic rings. The van der Waals surface area contributed by atoms with Gasteiger partial charge in [0.2, 0.25) is 0 Å². The Morgan fingerprint density at radius 2 is 2.19 bits per heavy atom. The largest absolute Gasteiger partial charge is 0.384 e. The molecule has 0 aliphatic carbocycles. The van der Waals surface area contributed by atoms with Crippen LogP contribution in [0.4, 0.5) is 5.69 Å². The summed E-state index contributed by atoms with van der Waals surface area (Å²) in [5.74, 6) is 0. The molecule has 3 heteroatoms. The third-order valence-electron chi connectivity index (χ3n) is 2.96. The van der Waals surface area contributed by atoms with Crippen molar-refractivity contribution in [3.63, 3.8) is 0 Å². The minimum Gasteiger partial charge on any atom is -0.384 e. The zero-order valence-corrected chi connectivity index (χ0v) is 11.1. The molecule has 1 unspecified atom stereocenters. The number of rotatable bonds is 6. The van der Waals surface area contributed by atoms with Crippen LogP contribution in [-0.4, -0.2) is 31.1 Å². The third-order valence-corrected chi connectivity index (χ3v) is 3.20. The van der Waals surface area contributed by atoms with E-state index in [1.54, 1.807) is 0 Å². The Labute approximate surface area is 104 Å². The fourth-order valence-electron chi connectivity index (χ4n) is 1.51. The number of anilines is 1. The fraction of sp³-hybridized carbons (Fsp3) is 0.538. The summed E-state index contributed by atoms with van der Waals surface area (Å²) in [4.78, 5) is 2.36. The van der Waals surface area contributed by atoms with Gasteiger partial charge in [0.25, 0.3) is 0 Å². The van der Waals surface area contributed by atoms with Crippen LogP contribution in [0.15, 0.2) is 24.3 Å². The average molecular weight is 241 g/mol. The number of hydrogen-bond donors (Lipinski definition) is 1. The van der Waals surface area contributed by atoms with Crippen LogP contribution in [0, 0.1) is 0 Å². The molecule has 1 aromatic carbocycles. The lowest BCUT2D eigenvalue weighted by molar-refractivity contribution is 0.261. The van der Waals surface area contributed by atoms with Gasteiger partial charge in [-0.1, -0.05) is 24.6 Å². The molecule has 0 bridgehead atoms. The molecule has 0 radical (unpaired) electrons. The van der Waals surface area contributed by atoms with Gasteiger partial charge >= 0.3 is 0 Å². The molecule has 0 fully saturated rings. The molecule has 0 saturated carbocycles. The van der Waals surface area contributed by atoms with Gasteiger partial charge in [-0.2, -0.15) is 0 Å². The van der Waals surface area contributed by atoms with Crippen molar-refractivity contribution in [1.29, 1.82) is 0 Å². The van der Waals surface area contributed by atoms with E-state index >= 15 is 0 Å². The van der Waals surface area contributed by atoms with Gasteiger partial charge in [0, 0.05) is 29.8 Å². The number of halogens is 1. The summed E-state index contributed by atoms with van der Waals surface area (Å²) in [5.41, 5.74) is 1.09. The second-order valence-corrected chi connectivity index (χ2v) is 4.61. The minimum atomic E-state index is 0.640. The first kappa shape index (κ1) is 13.3. The Morgan fingerprint density at radius 1 is 1.44 bits per heavy atom. The van der Waals surface area contributed by atoms with Crippen molar-refractivity contribution in [2.24, 2.45) is 0 Å². The van der Waals surface area contributed by atoms with E-state index in [2.05, 4.69) is 31.1 Å². The van der Waals surface area contributed by atoms with E-state index in [1.165, 1.54) is 6.42 Å². The lowest BCUT2D eigenvalue weighted by atomic mass is 10.2. The topological polar surface area (TPSA) is 15.3 Å². The predicted molar refractivity (Wildman–Crippen MR) is 72.3 cm³/mol. The summed E-state index contributed by atoms with van der Waals surface area (Å²) < 4.78 is 0. The van der Waals surface area contributed by atoms with E-state index < -0.39 is 0 Å². The molecule has 1 N–H and O–H groups in total. The molecular weight excluding hydrogens is 220 g/mol. The number of nitrogens with zero attached hydrogens (tertiary/aromatic N) is 1. The Balaban J connectivity index is 2.30. The Bertz CT molecular complexity index is 315. The van der Waals surface area contributed by atoms with E-state index in [9.17, 15) is 0 Å². The van der Waals surface area contributed by atoms with Crippen LogP contribution < -0.4 is 5.32 Å². The molecule has 0 spiro atoms. The van der Waals surface area contributed by atoms with Gasteiger partial charge in [-0.25, -0.2) is 0 Å². The highest BCUT2D eigenvalue weighted by Crippen LogP contribution is 2.14. The summed E-state index contributed by atoms with van der Waals surface area (Å²) >= 11 is 5.91. The summed E-state index contributed by atoms with van der Waals surface area (Å²) in [6.07, 6.45) is 1.19. The minimum absolute atomic E-state index is 0.640. The quantitative estimate of drug-likeness (QED) is 0.819.